The highest BCUT2D eigenvalue weighted by molar-refractivity contribution is 7.91. The van der Waals surface area contributed by atoms with Crippen LogP contribution in [-0.4, -0.2) is 14.4 Å². The standard InChI is InChI=1S/C18H13FO5S/c1-12-6-8-13(9-7-12)25(21,22)17-11-10-16(23-17)18(20)24-15-5-3-2-4-14(15)19/h2-11H,1H3. The van der Waals surface area contributed by atoms with Gasteiger partial charge in [0.15, 0.2) is 11.6 Å². The van der Waals surface area contributed by atoms with Crippen LogP contribution in [0.1, 0.15) is 16.1 Å². The van der Waals surface area contributed by atoms with Crippen molar-refractivity contribution in [3.63, 3.8) is 0 Å². The maximum Gasteiger partial charge on any atom is 0.379 e. The second-order valence-corrected chi connectivity index (χ2v) is 7.14. The van der Waals surface area contributed by atoms with Crippen LogP contribution in [-0.2, 0) is 9.84 Å². The molecule has 0 bridgehead atoms. The van der Waals surface area contributed by atoms with Gasteiger partial charge in [0, 0.05) is 0 Å². The lowest BCUT2D eigenvalue weighted by molar-refractivity contribution is 0.0688. The zero-order valence-corrected chi connectivity index (χ0v) is 13.9. The summed E-state index contributed by atoms with van der Waals surface area (Å²) in [6, 6.07) is 13.9. The van der Waals surface area contributed by atoms with Gasteiger partial charge in [-0.2, -0.15) is 0 Å². The first-order valence-corrected chi connectivity index (χ1v) is 8.74. The molecule has 0 N–H and O–H groups in total. The lowest BCUT2D eigenvalue weighted by Gasteiger charge is -2.03. The molecular formula is C18H13FO5S. The summed E-state index contributed by atoms with van der Waals surface area (Å²) in [7, 11) is -3.90. The Hall–Kier alpha value is -2.93. The molecule has 0 aliphatic carbocycles. The first-order valence-electron chi connectivity index (χ1n) is 7.26. The highest BCUT2D eigenvalue weighted by Crippen LogP contribution is 2.24. The third-order valence-corrected chi connectivity index (χ3v) is 5.06. The zero-order chi connectivity index (χ0) is 18.0. The van der Waals surface area contributed by atoms with Crippen LogP contribution in [0.2, 0.25) is 0 Å². The first kappa shape index (κ1) is 16.9. The van der Waals surface area contributed by atoms with Crippen molar-refractivity contribution in [1.29, 1.82) is 0 Å². The number of para-hydroxylation sites is 1. The van der Waals surface area contributed by atoms with Gasteiger partial charge in [0.05, 0.1) is 4.90 Å². The highest BCUT2D eigenvalue weighted by Gasteiger charge is 2.24. The summed E-state index contributed by atoms with van der Waals surface area (Å²) in [5, 5.41) is -0.392. The first-order chi connectivity index (χ1) is 11.9. The molecule has 1 aromatic heterocycles. The number of benzene rings is 2. The third-order valence-electron chi connectivity index (χ3n) is 3.42. The van der Waals surface area contributed by atoms with Crippen molar-refractivity contribution in [2.75, 3.05) is 0 Å². The van der Waals surface area contributed by atoms with Gasteiger partial charge in [-0.1, -0.05) is 29.8 Å². The van der Waals surface area contributed by atoms with E-state index in [9.17, 15) is 17.6 Å². The smallest absolute Gasteiger partial charge is 0.379 e. The van der Waals surface area contributed by atoms with Gasteiger partial charge in [-0.25, -0.2) is 17.6 Å². The molecule has 0 radical (unpaired) electrons. The lowest BCUT2D eigenvalue weighted by atomic mass is 10.2. The Labute approximate surface area is 143 Å². The van der Waals surface area contributed by atoms with Crippen LogP contribution in [0, 0.1) is 12.7 Å². The van der Waals surface area contributed by atoms with E-state index in [1.54, 1.807) is 12.1 Å². The van der Waals surface area contributed by atoms with Crippen molar-refractivity contribution in [3.05, 3.63) is 77.8 Å². The molecule has 0 unspecified atom stereocenters. The molecule has 5 nitrogen and oxygen atoms in total. The predicted molar refractivity (Wildman–Crippen MR) is 86.7 cm³/mol. The number of ether oxygens (including phenoxy) is 1. The van der Waals surface area contributed by atoms with E-state index in [2.05, 4.69) is 0 Å². The van der Waals surface area contributed by atoms with Gasteiger partial charge in [-0.05, 0) is 43.3 Å². The van der Waals surface area contributed by atoms with Crippen LogP contribution in [0.15, 0.2) is 75.1 Å². The molecule has 3 aromatic rings. The summed E-state index contributed by atoms with van der Waals surface area (Å²) < 4.78 is 48.5. The topological polar surface area (TPSA) is 73.6 Å². The van der Waals surface area contributed by atoms with Crippen molar-refractivity contribution in [3.8, 4) is 5.75 Å². The average Bonchev–Trinajstić information content (AvgIpc) is 3.08. The van der Waals surface area contributed by atoms with Crippen molar-refractivity contribution in [2.24, 2.45) is 0 Å². The maximum atomic E-state index is 13.5. The van der Waals surface area contributed by atoms with Gasteiger partial charge in [-0.3, -0.25) is 0 Å². The molecule has 2 aromatic carbocycles. The van der Waals surface area contributed by atoms with Crippen molar-refractivity contribution in [2.45, 2.75) is 16.9 Å². The van der Waals surface area contributed by atoms with Crippen LogP contribution in [0.3, 0.4) is 0 Å². The van der Waals surface area contributed by atoms with Gasteiger partial charge in [-0.15, -0.1) is 0 Å². The number of carbonyl (C=O) groups excluding carboxylic acids is 1. The second-order valence-electron chi connectivity index (χ2n) is 5.26. The SMILES string of the molecule is Cc1ccc(S(=O)(=O)c2ccc(C(=O)Oc3ccccc3F)o2)cc1. The molecule has 1 heterocycles. The number of furan rings is 1. The van der Waals surface area contributed by atoms with Crippen molar-refractivity contribution in [1.82, 2.24) is 0 Å². The summed E-state index contributed by atoms with van der Waals surface area (Å²) in [6.07, 6.45) is 0. The summed E-state index contributed by atoms with van der Waals surface area (Å²) in [5.41, 5.74) is 0.910. The second kappa shape index (κ2) is 6.52. The summed E-state index contributed by atoms with van der Waals surface area (Å²) in [4.78, 5) is 12.1. The molecule has 0 saturated heterocycles. The summed E-state index contributed by atoms with van der Waals surface area (Å²) >= 11 is 0. The number of sulfone groups is 1. The number of hydrogen-bond donors (Lipinski definition) is 0. The largest absolute Gasteiger partial charge is 0.437 e. The number of esters is 1. The molecule has 128 valence electrons. The zero-order valence-electron chi connectivity index (χ0n) is 13.1. The normalized spacial score (nSPS) is 11.3. The quantitative estimate of drug-likeness (QED) is 0.523. The molecule has 25 heavy (non-hydrogen) atoms. The van der Waals surface area contributed by atoms with E-state index in [0.717, 1.165) is 17.7 Å². The molecule has 3 rings (SSSR count). The molecule has 0 fully saturated rings. The summed E-state index contributed by atoms with van der Waals surface area (Å²) in [5.74, 6) is -2.31. The maximum absolute atomic E-state index is 13.5. The van der Waals surface area contributed by atoms with Crippen LogP contribution in [0.4, 0.5) is 4.39 Å². The number of halogens is 1. The van der Waals surface area contributed by atoms with E-state index in [4.69, 9.17) is 9.15 Å². The molecule has 0 aliphatic heterocycles. The molecule has 0 saturated carbocycles. The van der Waals surface area contributed by atoms with Crippen LogP contribution < -0.4 is 4.74 Å². The fourth-order valence-corrected chi connectivity index (χ4v) is 3.26. The molecular weight excluding hydrogens is 347 g/mol. The average molecular weight is 360 g/mol. The third kappa shape index (κ3) is 3.46. The molecule has 0 aliphatic rings. The predicted octanol–water partition coefficient (Wildman–Crippen LogP) is 3.78. The van der Waals surface area contributed by atoms with E-state index >= 15 is 0 Å². The number of hydrogen-bond acceptors (Lipinski definition) is 5. The molecule has 0 spiro atoms. The van der Waals surface area contributed by atoms with Crippen LogP contribution in [0.5, 0.6) is 5.75 Å². The van der Waals surface area contributed by atoms with Gasteiger partial charge in [0.1, 0.15) is 0 Å². The van der Waals surface area contributed by atoms with E-state index in [0.29, 0.717) is 0 Å². The van der Waals surface area contributed by atoms with Crippen LogP contribution in [0.25, 0.3) is 0 Å². The highest BCUT2D eigenvalue weighted by atomic mass is 32.2. The van der Waals surface area contributed by atoms with E-state index < -0.39 is 26.7 Å². The minimum absolute atomic E-state index is 0.0430. The van der Waals surface area contributed by atoms with E-state index in [1.807, 2.05) is 6.92 Å². The Balaban J connectivity index is 1.85. The summed E-state index contributed by atoms with van der Waals surface area (Å²) in [6.45, 7) is 1.83. The fraction of sp³-hybridized carbons (Fsp3) is 0.0556. The Kier molecular flexibility index (Phi) is 4.41. The minimum Gasteiger partial charge on any atom is -0.437 e. The van der Waals surface area contributed by atoms with Gasteiger partial charge in [0.2, 0.25) is 20.7 Å². The van der Waals surface area contributed by atoms with Gasteiger partial charge < -0.3 is 9.15 Å². The Morgan fingerprint density at radius 3 is 2.36 bits per heavy atom. The molecule has 7 heteroatoms. The Morgan fingerprint density at radius 2 is 1.68 bits per heavy atom. The van der Waals surface area contributed by atoms with E-state index in [1.165, 1.54) is 36.4 Å². The number of rotatable bonds is 4. The van der Waals surface area contributed by atoms with Crippen molar-refractivity contribution < 1.29 is 26.8 Å². The van der Waals surface area contributed by atoms with Gasteiger partial charge >= 0.3 is 5.97 Å². The Bertz CT molecular complexity index is 1020. The van der Waals surface area contributed by atoms with Gasteiger partial charge in [0.25, 0.3) is 0 Å². The minimum atomic E-state index is -3.90. The lowest BCUT2D eigenvalue weighted by Crippen LogP contribution is -2.08. The fourth-order valence-electron chi connectivity index (χ4n) is 2.09. The van der Waals surface area contributed by atoms with E-state index in [-0.39, 0.29) is 16.4 Å². The number of carbonyl (C=O) groups is 1. The number of aryl methyl sites for hydroxylation is 1. The Morgan fingerprint density at radius 1 is 1.00 bits per heavy atom. The molecule has 0 amide bonds. The van der Waals surface area contributed by atoms with Crippen LogP contribution >= 0.6 is 0 Å². The molecule has 0 atom stereocenters. The van der Waals surface area contributed by atoms with Crippen molar-refractivity contribution >= 4 is 15.8 Å². The monoisotopic (exact) mass is 360 g/mol.